The lowest BCUT2D eigenvalue weighted by molar-refractivity contribution is 0.929. The SMILES string of the molecule is CCCN=C(N)c1ccccc1CC. The molecule has 0 aromatic heterocycles. The van der Waals surface area contributed by atoms with Gasteiger partial charge in [-0.15, -0.1) is 0 Å². The number of aryl methyl sites for hydroxylation is 1. The molecule has 0 amide bonds. The molecule has 0 fully saturated rings. The minimum atomic E-state index is 0.671. The number of amidine groups is 1. The second kappa shape index (κ2) is 5.43. The molecule has 0 saturated heterocycles. The van der Waals surface area contributed by atoms with Crippen LogP contribution in [0.4, 0.5) is 0 Å². The number of hydrogen-bond acceptors (Lipinski definition) is 1. The van der Waals surface area contributed by atoms with Crippen molar-refractivity contribution in [3.63, 3.8) is 0 Å². The highest BCUT2D eigenvalue weighted by Crippen LogP contribution is 2.08. The molecule has 0 bridgehead atoms. The topological polar surface area (TPSA) is 38.4 Å². The number of nitrogens with zero attached hydrogens (tertiary/aromatic N) is 1. The van der Waals surface area contributed by atoms with E-state index in [-0.39, 0.29) is 0 Å². The van der Waals surface area contributed by atoms with Gasteiger partial charge in [0.1, 0.15) is 5.84 Å². The summed E-state index contributed by atoms with van der Waals surface area (Å²) in [7, 11) is 0. The standard InChI is InChI=1S/C12H18N2/c1-3-9-14-12(13)11-8-6-5-7-10(11)4-2/h5-8H,3-4,9H2,1-2H3,(H2,13,14). The summed E-state index contributed by atoms with van der Waals surface area (Å²) >= 11 is 0. The Morgan fingerprint density at radius 1 is 1.29 bits per heavy atom. The number of rotatable bonds is 4. The third-order valence-electron chi connectivity index (χ3n) is 2.18. The summed E-state index contributed by atoms with van der Waals surface area (Å²) in [5.74, 6) is 0.671. The van der Waals surface area contributed by atoms with E-state index in [1.165, 1.54) is 5.56 Å². The Balaban J connectivity index is 2.93. The zero-order chi connectivity index (χ0) is 10.4. The van der Waals surface area contributed by atoms with Crippen molar-refractivity contribution in [1.82, 2.24) is 0 Å². The maximum atomic E-state index is 5.91. The molecule has 2 heteroatoms. The van der Waals surface area contributed by atoms with E-state index in [1.807, 2.05) is 18.2 Å². The number of aliphatic imine (C=N–C) groups is 1. The lowest BCUT2D eigenvalue weighted by Crippen LogP contribution is -2.16. The zero-order valence-corrected chi connectivity index (χ0v) is 8.96. The van der Waals surface area contributed by atoms with Crippen molar-refractivity contribution in [2.45, 2.75) is 26.7 Å². The van der Waals surface area contributed by atoms with Gasteiger partial charge in [-0.3, -0.25) is 4.99 Å². The molecule has 1 aromatic rings. The smallest absolute Gasteiger partial charge is 0.125 e. The van der Waals surface area contributed by atoms with Gasteiger partial charge in [-0.25, -0.2) is 0 Å². The second-order valence-electron chi connectivity index (χ2n) is 3.28. The van der Waals surface area contributed by atoms with E-state index in [1.54, 1.807) is 0 Å². The van der Waals surface area contributed by atoms with Crippen LogP contribution in [0.15, 0.2) is 29.3 Å². The van der Waals surface area contributed by atoms with E-state index < -0.39 is 0 Å². The fourth-order valence-corrected chi connectivity index (χ4v) is 1.40. The molecule has 0 saturated carbocycles. The van der Waals surface area contributed by atoms with Gasteiger partial charge < -0.3 is 5.73 Å². The average molecular weight is 190 g/mol. The first-order chi connectivity index (χ1) is 6.79. The maximum absolute atomic E-state index is 5.91. The summed E-state index contributed by atoms with van der Waals surface area (Å²) in [6.45, 7) is 5.04. The molecule has 1 rings (SSSR count). The lowest BCUT2D eigenvalue weighted by atomic mass is 10.0. The minimum absolute atomic E-state index is 0.671. The van der Waals surface area contributed by atoms with E-state index >= 15 is 0 Å². The van der Waals surface area contributed by atoms with Crippen LogP contribution in [-0.2, 0) is 6.42 Å². The summed E-state index contributed by atoms with van der Waals surface area (Å²) in [4.78, 5) is 4.32. The average Bonchev–Trinajstić information content (AvgIpc) is 2.25. The Labute approximate surface area is 85.9 Å². The predicted molar refractivity (Wildman–Crippen MR) is 61.7 cm³/mol. The van der Waals surface area contributed by atoms with Crippen LogP contribution in [0.25, 0.3) is 0 Å². The molecule has 0 aliphatic carbocycles. The molecule has 1 aromatic carbocycles. The summed E-state index contributed by atoms with van der Waals surface area (Å²) < 4.78 is 0. The Hall–Kier alpha value is -1.31. The number of nitrogens with two attached hydrogens (primary N) is 1. The van der Waals surface area contributed by atoms with Crippen LogP contribution >= 0.6 is 0 Å². The first-order valence-corrected chi connectivity index (χ1v) is 5.17. The van der Waals surface area contributed by atoms with E-state index in [9.17, 15) is 0 Å². The molecule has 14 heavy (non-hydrogen) atoms. The van der Waals surface area contributed by atoms with Gasteiger partial charge in [0.25, 0.3) is 0 Å². The highest BCUT2D eigenvalue weighted by Gasteiger charge is 2.02. The van der Waals surface area contributed by atoms with Crippen molar-refractivity contribution in [1.29, 1.82) is 0 Å². The van der Waals surface area contributed by atoms with Crippen LogP contribution in [0, 0.1) is 0 Å². The zero-order valence-electron chi connectivity index (χ0n) is 8.96. The molecule has 76 valence electrons. The van der Waals surface area contributed by atoms with Crippen molar-refractivity contribution < 1.29 is 0 Å². The van der Waals surface area contributed by atoms with Crippen LogP contribution in [0.2, 0.25) is 0 Å². The van der Waals surface area contributed by atoms with Crippen molar-refractivity contribution in [3.05, 3.63) is 35.4 Å². The normalized spacial score (nSPS) is 11.7. The monoisotopic (exact) mass is 190 g/mol. The first-order valence-electron chi connectivity index (χ1n) is 5.17. The molecule has 2 N–H and O–H groups in total. The summed E-state index contributed by atoms with van der Waals surface area (Å²) in [5.41, 5.74) is 8.26. The molecule has 0 spiro atoms. The van der Waals surface area contributed by atoms with Crippen LogP contribution in [0.1, 0.15) is 31.4 Å². The van der Waals surface area contributed by atoms with Crippen molar-refractivity contribution in [3.8, 4) is 0 Å². The number of hydrogen-bond donors (Lipinski definition) is 1. The van der Waals surface area contributed by atoms with Gasteiger partial charge in [0.05, 0.1) is 0 Å². The third kappa shape index (κ3) is 2.59. The molecule has 2 nitrogen and oxygen atoms in total. The first kappa shape index (κ1) is 10.8. The van der Waals surface area contributed by atoms with Gasteiger partial charge >= 0.3 is 0 Å². The van der Waals surface area contributed by atoms with Crippen molar-refractivity contribution >= 4 is 5.84 Å². The van der Waals surface area contributed by atoms with Crippen molar-refractivity contribution in [2.75, 3.05) is 6.54 Å². The number of benzene rings is 1. The minimum Gasteiger partial charge on any atom is -0.383 e. The molecular formula is C12H18N2. The van der Waals surface area contributed by atoms with Crippen LogP contribution in [0.3, 0.4) is 0 Å². The molecule has 0 aliphatic rings. The Bertz CT molecular complexity index is 316. The molecule has 0 unspecified atom stereocenters. The Morgan fingerprint density at radius 2 is 2.00 bits per heavy atom. The summed E-state index contributed by atoms with van der Waals surface area (Å²) in [6.07, 6.45) is 2.04. The van der Waals surface area contributed by atoms with Gasteiger partial charge in [-0.1, -0.05) is 38.1 Å². The van der Waals surface area contributed by atoms with Gasteiger partial charge in [0.15, 0.2) is 0 Å². The van der Waals surface area contributed by atoms with Crippen LogP contribution < -0.4 is 5.73 Å². The lowest BCUT2D eigenvalue weighted by Gasteiger charge is -2.06. The van der Waals surface area contributed by atoms with E-state index in [0.717, 1.165) is 24.9 Å². The van der Waals surface area contributed by atoms with Gasteiger partial charge in [-0.2, -0.15) is 0 Å². The van der Waals surface area contributed by atoms with Crippen LogP contribution in [0.5, 0.6) is 0 Å². The predicted octanol–water partition coefficient (Wildman–Crippen LogP) is 2.36. The maximum Gasteiger partial charge on any atom is 0.125 e. The Morgan fingerprint density at radius 3 is 2.64 bits per heavy atom. The summed E-state index contributed by atoms with van der Waals surface area (Å²) in [5, 5.41) is 0. The van der Waals surface area contributed by atoms with Gasteiger partial charge in [0.2, 0.25) is 0 Å². The molecule has 0 radical (unpaired) electrons. The molecular weight excluding hydrogens is 172 g/mol. The quantitative estimate of drug-likeness (QED) is 0.574. The third-order valence-corrected chi connectivity index (χ3v) is 2.18. The fourth-order valence-electron chi connectivity index (χ4n) is 1.40. The second-order valence-corrected chi connectivity index (χ2v) is 3.28. The summed E-state index contributed by atoms with van der Waals surface area (Å²) in [6, 6.07) is 8.18. The molecule has 0 atom stereocenters. The van der Waals surface area contributed by atoms with E-state index in [4.69, 9.17) is 5.73 Å². The van der Waals surface area contributed by atoms with E-state index in [2.05, 4.69) is 24.9 Å². The largest absolute Gasteiger partial charge is 0.383 e. The molecule has 0 heterocycles. The van der Waals surface area contributed by atoms with E-state index in [0.29, 0.717) is 5.84 Å². The van der Waals surface area contributed by atoms with Gasteiger partial charge in [-0.05, 0) is 18.4 Å². The fraction of sp³-hybridized carbons (Fsp3) is 0.417. The highest BCUT2D eigenvalue weighted by atomic mass is 14.8. The highest BCUT2D eigenvalue weighted by molar-refractivity contribution is 5.98. The van der Waals surface area contributed by atoms with Gasteiger partial charge in [0, 0.05) is 12.1 Å². The molecule has 0 aliphatic heterocycles. The van der Waals surface area contributed by atoms with Crippen molar-refractivity contribution in [2.24, 2.45) is 10.7 Å². The Kier molecular flexibility index (Phi) is 4.17. The van der Waals surface area contributed by atoms with Crippen LogP contribution in [-0.4, -0.2) is 12.4 Å².